The van der Waals surface area contributed by atoms with E-state index >= 15 is 0 Å². The minimum absolute atomic E-state index is 0.00361. The van der Waals surface area contributed by atoms with Crippen LogP contribution in [-0.4, -0.2) is 25.2 Å². The molecule has 0 spiro atoms. The first-order valence-electron chi connectivity index (χ1n) is 9.55. The first-order chi connectivity index (χ1) is 13.2. The highest BCUT2D eigenvalue weighted by atomic mass is 16.5. The van der Waals surface area contributed by atoms with Crippen molar-refractivity contribution in [2.45, 2.75) is 45.8 Å². The molecule has 1 heterocycles. The number of carbonyl (C=O) groups is 1. The van der Waals surface area contributed by atoms with Crippen LogP contribution in [0, 0.1) is 0 Å². The van der Waals surface area contributed by atoms with E-state index in [1.165, 1.54) is 5.56 Å². The van der Waals surface area contributed by atoms with Gasteiger partial charge in [-0.15, -0.1) is 0 Å². The van der Waals surface area contributed by atoms with Gasteiger partial charge in [0.25, 0.3) is 0 Å². The minimum atomic E-state index is 0.00361. The van der Waals surface area contributed by atoms with Crippen LogP contribution >= 0.6 is 0 Å². The van der Waals surface area contributed by atoms with Crippen molar-refractivity contribution in [2.24, 2.45) is 0 Å². The highest BCUT2D eigenvalue weighted by Gasteiger charge is 2.22. The van der Waals surface area contributed by atoms with Crippen molar-refractivity contribution in [2.75, 3.05) is 13.2 Å². The van der Waals surface area contributed by atoms with Crippen molar-refractivity contribution in [3.63, 3.8) is 0 Å². The lowest BCUT2D eigenvalue weighted by Gasteiger charge is -2.13. The third-order valence-electron chi connectivity index (χ3n) is 4.42. The second-order valence-electron chi connectivity index (χ2n) is 6.68. The maximum Gasteiger partial charge on any atom is 0.220 e. The summed E-state index contributed by atoms with van der Waals surface area (Å²) in [5, 5.41) is 2.97. The third-order valence-corrected chi connectivity index (χ3v) is 4.42. The fraction of sp³-hybridized carbons (Fsp3) is 0.409. The van der Waals surface area contributed by atoms with Crippen LogP contribution < -0.4 is 19.5 Å². The Labute approximate surface area is 160 Å². The number of hydrogen-bond acceptors (Lipinski definition) is 4. The first kappa shape index (κ1) is 19.1. The van der Waals surface area contributed by atoms with Gasteiger partial charge in [-0.3, -0.25) is 4.79 Å². The molecule has 5 nitrogen and oxygen atoms in total. The van der Waals surface area contributed by atoms with Crippen molar-refractivity contribution >= 4 is 5.91 Å². The normalized spacial score (nSPS) is 15.0. The molecule has 0 saturated carbocycles. The Balaban J connectivity index is 1.47. The van der Waals surface area contributed by atoms with Crippen molar-refractivity contribution in [1.29, 1.82) is 0 Å². The number of fused-ring (bicyclic) bond motifs is 1. The van der Waals surface area contributed by atoms with E-state index in [1.54, 1.807) is 0 Å². The van der Waals surface area contributed by atoms with Gasteiger partial charge in [-0.2, -0.15) is 0 Å². The van der Waals surface area contributed by atoms with E-state index in [0.29, 0.717) is 32.6 Å². The summed E-state index contributed by atoms with van der Waals surface area (Å²) in [4.78, 5) is 12.1. The van der Waals surface area contributed by atoms with Crippen LogP contribution in [0.2, 0.25) is 0 Å². The summed E-state index contributed by atoms with van der Waals surface area (Å²) in [5.74, 6) is 2.55. The lowest BCUT2D eigenvalue weighted by Crippen LogP contribution is -2.23. The Hall–Kier alpha value is -2.69. The van der Waals surface area contributed by atoms with E-state index in [9.17, 15) is 4.79 Å². The second-order valence-corrected chi connectivity index (χ2v) is 6.68. The molecule has 0 fully saturated rings. The van der Waals surface area contributed by atoms with Crippen LogP contribution in [0.1, 0.15) is 37.8 Å². The summed E-state index contributed by atoms with van der Waals surface area (Å²) >= 11 is 0. The van der Waals surface area contributed by atoms with Crippen molar-refractivity contribution < 1.29 is 19.0 Å². The highest BCUT2D eigenvalue weighted by molar-refractivity contribution is 5.76. The van der Waals surface area contributed by atoms with Gasteiger partial charge in [-0.05, 0) is 44.5 Å². The van der Waals surface area contributed by atoms with E-state index < -0.39 is 0 Å². The molecular weight excluding hydrogens is 342 g/mol. The van der Waals surface area contributed by atoms with Gasteiger partial charge >= 0.3 is 0 Å². The lowest BCUT2D eigenvalue weighted by atomic mass is 10.1. The Kier molecular flexibility index (Phi) is 6.58. The van der Waals surface area contributed by atoms with E-state index in [0.717, 1.165) is 29.2 Å². The molecule has 0 aliphatic carbocycles. The Morgan fingerprint density at radius 2 is 2.04 bits per heavy atom. The number of rotatable bonds is 9. The summed E-state index contributed by atoms with van der Waals surface area (Å²) in [7, 11) is 0. The Morgan fingerprint density at radius 3 is 2.81 bits per heavy atom. The molecule has 27 heavy (non-hydrogen) atoms. The molecule has 2 aromatic rings. The molecule has 2 aromatic carbocycles. The molecule has 144 valence electrons. The number of nitrogens with one attached hydrogen (secondary N) is 1. The largest absolute Gasteiger partial charge is 0.494 e. The van der Waals surface area contributed by atoms with E-state index in [-0.39, 0.29) is 12.0 Å². The smallest absolute Gasteiger partial charge is 0.220 e. The summed E-state index contributed by atoms with van der Waals surface area (Å²) < 4.78 is 17.2. The van der Waals surface area contributed by atoms with Crippen LogP contribution in [0.4, 0.5) is 0 Å². The Morgan fingerprint density at radius 1 is 1.22 bits per heavy atom. The number of ether oxygens (including phenoxy) is 3. The molecule has 1 aliphatic rings. The van der Waals surface area contributed by atoms with E-state index in [2.05, 4.69) is 12.2 Å². The van der Waals surface area contributed by atoms with Crippen LogP contribution in [-0.2, 0) is 17.8 Å². The number of para-hydroxylation sites is 1. The first-order valence-corrected chi connectivity index (χ1v) is 9.55. The molecule has 0 unspecified atom stereocenters. The van der Waals surface area contributed by atoms with Crippen molar-refractivity contribution in [3.8, 4) is 17.2 Å². The summed E-state index contributed by atoms with van der Waals surface area (Å²) in [6.45, 7) is 5.55. The van der Waals surface area contributed by atoms with Crippen molar-refractivity contribution in [1.82, 2.24) is 5.32 Å². The van der Waals surface area contributed by atoms with Crippen LogP contribution in [0.5, 0.6) is 17.2 Å². The predicted octanol–water partition coefficient (Wildman–Crippen LogP) is 3.88. The van der Waals surface area contributed by atoms with Crippen LogP contribution in [0.25, 0.3) is 0 Å². The molecule has 5 heteroatoms. The zero-order valence-corrected chi connectivity index (χ0v) is 16.0. The van der Waals surface area contributed by atoms with Gasteiger partial charge in [0.1, 0.15) is 23.4 Å². The standard InChI is InChI=1S/C22H27NO4/c1-3-25-20-13-17-12-16(2)27-21(17)14-18(20)15-23-22(24)10-7-11-26-19-8-5-4-6-9-19/h4-6,8-9,13-14,16H,3,7,10-12,15H2,1-2H3,(H,23,24)/t16-/m0/s1. The molecule has 3 rings (SSSR count). The quantitative estimate of drug-likeness (QED) is 0.682. The molecule has 0 bridgehead atoms. The molecule has 1 amide bonds. The number of hydrogen-bond donors (Lipinski definition) is 1. The average molecular weight is 369 g/mol. The van der Waals surface area contributed by atoms with Crippen LogP contribution in [0.3, 0.4) is 0 Å². The zero-order chi connectivity index (χ0) is 19.1. The fourth-order valence-corrected chi connectivity index (χ4v) is 3.13. The summed E-state index contributed by atoms with van der Waals surface area (Å²) in [6, 6.07) is 13.7. The monoisotopic (exact) mass is 369 g/mol. The molecule has 1 atom stereocenters. The SMILES string of the molecule is CCOc1cc2c(cc1CNC(=O)CCCOc1ccccc1)O[C@@H](C)C2. The van der Waals surface area contributed by atoms with Gasteiger partial charge in [-0.25, -0.2) is 0 Å². The third kappa shape index (κ3) is 5.39. The molecule has 0 saturated heterocycles. The molecule has 1 N–H and O–H groups in total. The molecule has 0 aromatic heterocycles. The number of benzene rings is 2. The van der Waals surface area contributed by atoms with Gasteiger partial charge < -0.3 is 19.5 Å². The maximum atomic E-state index is 12.1. The highest BCUT2D eigenvalue weighted by Crippen LogP contribution is 2.35. The van der Waals surface area contributed by atoms with E-state index in [1.807, 2.05) is 49.4 Å². The molecule has 0 radical (unpaired) electrons. The summed E-state index contributed by atoms with van der Waals surface area (Å²) in [6.07, 6.45) is 2.17. The topological polar surface area (TPSA) is 56.8 Å². The predicted molar refractivity (Wildman–Crippen MR) is 104 cm³/mol. The van der Waals surface area contributed by atoms with Crippen LogP contribution in [0.15, 0.2) is 42.5 Å². The van der Waals surface area contributed by atoms with Crippen molar-refractivity contribution in [3.05, 3.63) is 53.6 Å². The minimum Gasteiger partial charge on any atom is -0.494 e. The fourth-order valence-electron chi connectivity index (χ4n) is 3.13. The second kappa shape index (κ2) is 9.31. The molecular formula is C22H27NO4. The maximum absolute atomic E-state index is 12.1. The number of amides is 1. The van der Waals surface area contributed by atoms with Gasteiger partial charge in [0.2, 0.25) is 5.91 Å². The number of carbonyl (C=O) groups excluding carboxylic acids is 1. The Bertz CT molecular complexity index is 760. The zero-order valence-electron chi connectivity index (χ0n) is 16.0. The van der Waals surface area contributed by atoms with Gasteiger partial charge in [-0.1, -0.05) is 18.2 Å². The average Bonchev–Trinajstić information content (AvgIpc) is 3.03. The lowest BCUT2D eigenvalue weighted by molar-refractivity contribution is -0.121. The van der Waals surface area contributed by atoms with Gasteiger partial charge in [0, 0.05) is 30.5 Å². The van der Waals surface area contributed by atoms with E-state index in [4.69, 9.17) is 14.2 Å². The van der Waals surface area contributed by atoms with Gasteiger partial charge in [0.15, 0.2) is 0 Å². The summed E-state index contributed by atoms with van der Waals surface area (Å²) in [5.41, 5.74) is 2.11. The molecule has 1 aliphatic heterocycles. The van der Waals surface area contributed by atoms with Gasteiger partial charge in [0.05, 0.1) is 13.2 Å².